The van der Waals surface area contributed by atoms with Gasteiger partial charge in [0.15, 0.2) is 0 Å². The minimum absolute atomic E-state index is 0.00317. The van der Waals surface area contributed by atoms with Crippen LogP contribution in [0, 0.1) is 5.41 Å². The van der Waals surface area contributed by atoms with Gasteiger partial charge < -0.3 is 19.3 Å². The van der Waals surface area contributed by atoms with Gasteiger partial charge in [-0.2, -0.15) is 5.10 Å². The molecule has 1 atom stereocenters. The van der Waals surface area contributed by atoms with Crippen LogP contribution < -0.4 is 5.46 Å². The fourth-order valence-electron chi connectivity index (χ4n) is 4.07. The first-order valence-corrected chi connectivity index (χ1v) is 10.9. The number of rotatable bonds is 5. The van der Waals surface area contributed by atoms with Crippen molar-refractivity contribution in [3.63, 3.8) is 0 Å². The topological polar surface area (TPSA) is 80.1 Å². The third-order valence-electron chi connectivity index (χ3n) is 6.75. The van der Waals surface area contributed by atoms with E-state index in [0.717, 1.165) is 38.1 Å². The first-order chi connectivity index (χ1) is 13.8. The van der Waals surface area contributed by atoms with E-state index < -0.39 is 6.09 Å². The van der Waals surface area contributed by atoms with E-state index in [1.165, 1.54) is 0 Å². The average Bonchev–Trinajstić information content (AvgIpc) is 3.16. The van der Waals surface area contributed by atoms with Crippen LogP contribution in [0.3, 0.4) is 0 Å². The smallest absolute Gasteiger partial charge is 0.465 e. The normalized spacial score (nSPS) is 24.4. The number of nitrogens with zero attached hydrogens (tertiary/aromatic N) is 4. The van der Waals surface area contributed by atoms with Crippen molar-refractivity contribution in [3.05, 3.63) is 12.4 Å². The number of aromatic nitrogens is 2. The number of carboxylic acid groups (broad SMARTS) is 1. The summed E-state index contributed by atoms with van der Waals surface area (Å²) in [7, 11) is -0.389. The van der Waals surface area contributed by atoms with Gasteiger partial charge in [0.2, 0.25) is 0 Å². The number of hydrogen-bond donors (Lipinski definition) is 1. The highest BCUT2D eigenvalue weighted by Crippen LogP contribution is 2.36. The molecule has 0 saturated carbocycles. The van der Waals surface area contributed by atoms with Gasteiger partial charge in [-0.3, -0.25) is 9.58 Å². The molecule has 2 saturated heterocycles. The Bertz CT molecular complexity index is 742. The minimum Gasteiger partial charge on any atom is -0.465 e. The van der Waals surface area contributed by atoms with Gasteiger partial charge >= 0.3 is 13.2 Å². The number of piperazine rings is 1. The van der Waals surface area contributed by atoms with Crippen LogP contribution >= 0.6 is 0 Å². The summed E-state index contributed by atoms with van der Waals surface area (Å²) in [6, 6.07) is 0.00317. The van der Waals surface area contributed by atoms with Crippen LogP contribution in [0.4, 0.5) is 4.79 Å². The van der Waals surface area contributed by atoms with Gasteiger partial charge in [0, 0.05) is 50.6 Å². The Hall–Kier alpha value is -1.58. The summed E-state index contributed by atoms with van der Waals surface area (Å²) in [5, 5.41) is 14.0. The zero-order chi connectivity index (χ0) is 22.3. The molecule has 1 aromatic heterocycles. The zero-order valence-electron chi connectivity index (χ0n) is 19.5. The summed E-state index contributed by atoms with van der Waals surface area (Å²) in [5.41, 5.74) is 0.135. The number of aryl methyl sites for hydroxylation is 1. The van der Waals surface area contributed by atoms with E-state index in [1.54, 1.807) is 4.90 Å². The van der Waals surface area contributed by atoms with E-state index in [1.807, 2.05) is 44.8 Å². The molecule has 3 rings (SSSR count). The lowest BCUT2D eigenvalue weighted by Crippen LogP contribution is -2.59. The number of amides is 1. The molecule has 1 aromatic rings. The Labute approximate surface area is 180 Å². The molecule has 0 spiro atoms. The monoisotopic (exact) mass is 420 g/mol. The molecule has 168 valence electrons. The Balaban J connectivity index is 1.51. The molecule has 2 fully saturated rings. The molecule has 30 heavy (non-hydrogen) atoms. The molecule has 1 unspecified atom stereocenters. The molecule has 9 heteroatoms. The molecule has 8 nitrogen and oxygen atoms in total. The molecular formula is C21H37BN4O4. The zero-order valence-corrected chi connectivity index (χ0v) is 19.5. The quantitative estimate of drug-likeness (QED) is 0.737. The van der Waals surface area contributed by atoms with E-state index in [9.17, 15) is 9.90 Å². The van der Waals surface area contributed by atoms with Gasteiger partial charge in [0.25, 0.3) is 0 Å². The van der Waals surface area contributed by atoms with Crippen LogP contribution in [0.1, 0.15) is 54.9 Å². The van der Waals surface area contributed by atoms with Gasteiger partial charge in [-0.15, -0.1) is 0 Å². The summed E-state index contributed by atoms with van der Waals surface area (Å²) in [6.45, 7) is 18.4. The fraction of sp³-hybridized carbons (Fsp3) is 0.810. The van der Waals surface area contributed by atoms with E-state index in [-0.39, 0.29) is 29.8 Å². The highest BCUT2D eigenvalue weighted by molar-refractivity contribution is 6.61. The van der Waals surface area contributed by atoms with Crippen molar-refractivity contribution in [3.8, 4) is 0 Å². The standard InChI is InChI=1S/C21H37BN4O4/c1-19(2,3)17-15-24(11-12-26(17)18(27)28)9-8-10-25-14-16(13-23-25)22-29-20(4,5)21(6,7)30-22/h13-14,17H,8-12,15H2,1-7H3,(H,27,28). The molecule has 1 amide bonds. The second kappa shape index (κ2) is 8.17. The molecule has 2 aliphatic rings. The molecule has 0 aliphatic carbocycles. The van der Waals surface area contributed by atoms with Crippen molar-refractivity contribution >= 4 is 18.7 Å². The van der Waals surface area contributed by atoms with Gasteiger partial charge in [-0.25, -0.2) is 4.79 Å². The van der Waals surface area contributed by atoms with E-state index in [0.29, 0.717) is 6.54 Å². The number of carbonyl (C=O) groups is 1. The van der Waals surface area contributed by atoms with Gasteiger partial charge in [-0.05, 0) is 39.5 Å². The van der Waals surface area contributed by atoms with Gasteiger partial charge in [-0.1, -0.05) is 20.8 Å². The maximum atomic E-state index is 11.6. The second-order valence-corrected chi connectivity index (χ2v) is 10.6. The lowest BCUT2D eigenvalue weighted by Gasteiger charge is -2.46. The molecule has 2 aliphatic heterocycles. The molecular weight excluding hydrogens is 383 g/mol. The van der Waals surface area contributed by atoms with Crippen molar-refractivity contribution < 1.29 is 19.2 Å². The number of hydrogen-bond acceptors (Lipinski definition) is 5. The second-order valence-electron chi connectivity index (χ2n) is 10.6. The first kappa shape index (κ1) is 23.1. The highest BCUT2D eigenvalue weighted by Gasteiger charge is 2.52. The van der Waals surface area contributed by atoms with Crippen molar-refractivity contribution in [1.82, 2.24) is 19.6 Å². The van der Waals surface area contributed by atoms with E-state index in [2.05, 4.69) is 30.8 Å². The summed E-state index contributed by atoms with van der Waals surface area (Å²) >= 11 is 0. The maximum Gasteiger partial charge on any atom is 0.498 e. The minimum atomic E-state index is -0.818. The van der Waals surface area contributed by atoms with Crippen molar-refractivity contribution in [2.24, 2.45) is 5.41 Å². The maximum absolute atomic E-state index is 11.6. The van der Waals surface area contributed by atoms with Crippen LogP contribution in [-0.4, -0.2) is 81.3 Å². The molecule has 3 heterocycles. The summed E-state index contributed by atoms with van der Waals surface area (Å²) in [5.74, 6) is 0. The van der Waals surface area contributed by atoms with Crippen LogP contribution in [0.2, 0.25) is 0 Å². The van der Waals surface area contributed by atoms with Crippen LogP contribution in [0.5, 0.6) is 0 Å². The SMILES string of the molecule is CC(C)(C)C1CN(CCCn2cc(B3OC(C)(C)C(C)(C)O3)cn2)CCN1C(=O)O. The van der Waals surface area contributed by atoms with Gasteiger partial charge in [0.1, 0.15) is 0 Å². The third-order valence-corrected chi connectivity index (χ3v) is 6.75. The van der Waals surface area contributed by atoms with Crippen LogP contribution in [0.25, 0.3) is 0 Å². The third kappa shape index (κ3) is 4.84. The molecule has 0 bridgehead atoms. The van der Waals surface area contributed by atoms with Crippen molar-refractivity contribution in [1.29, 1.82) is 0 Å². The molecule has 0 radical (unpaired) electrons. The largest absolute Gasteiger partial charge is 0.498 e. The predicted octanol–water partition coefficient (Wildman–Crippen LogP) is 2.28. The Morgan fingerprint density at radius 3 is 2.40 bits per heavy atom. The fourth-order valence-corrected chi connectivity index (χ4v) is 4.07. The van der Waals surface area contributed by atoms with E-state index >= 15 is 0 Å². The summed E-state index contributed by atoms with van der Waals surface area (Å²) < 4.78 is 14.1. The summed E-state index contributed by atoms with van der Waals surface area (Å²) in [6.07, 6.45) is 3.96. The van der Waals surface area contributed by atoms with Crippen LogP contribution in [0.15, 0.2) is 12.4 Å². The van der Waals surface area contributed by atoms with Crippen LogP contribution in [-0.2, 0) is 15.9 Å². The first-order valence-electron chi connectivity index (χ1n) is 10.9. The Kier molecular flexibility index (Phi) is 6.29. The predicted molar refractivity (Wildman–Crippen MR) is 117 cm³/mol. The van der Waals surface area contributed by atoms with Crippen molar-refractivity contribution in [2.75, 3.05) is 26.2 Å². The van der Waals surface area contributed by atoms with Crippen molar-refractivity contribution in [2.45, 2.75) is 78.7 Å². The van der Waals surface area contributed by atoms with Gasteiger partial charge in [0.05, 0.1) is 17.2 Å². The molecule has 1 N–H and O–H groups in total. The molecule has 0 aromatic carbocycles. The Morgan fingerprint density at radius 2 is 1.83 bits per heavy atom. The lowest BCUT2D eigenvalue weighted by molar-refractivity contribution is 0.00578. The average molecular weight is 420 g/mol. The lowest BCUT2D eigenvalue weighted by atomic mass is 9.82. The Morgan fingerprint density at radius 1 is 1.20 bits per heavy atom. The van der Waals surface area contributed by atoms with E-state index in [4.69, 9.17) is 9.31 Å². The highest BCUT2D eigenvalue weighted by atomic mass is 16.7. The summed E-state index contributed by atoms with van der Waals surface area (Å²) in [4.78, 5) is 15.6.